The highest BCUT2D eigenvalue weighted by Gasteiger charge is 2.59. The lowest BCUT2D eigenvalue weighted by molar-refractivity contribution is -0.136. The van der Waals surface area contributed by atoms with Crippen molar-refractivity contribution in [2.45, 2.75) is 57.9 Å². The molecule has 5 rings (SSSR count). The lowest BCUT2D eigenvalue weighted by Gasteiger charge is -2.28. The van der Waals surface area contributed by atoms with E-state index in [0.29, 0.717) is 25.0 Å². The molecule has 0 bridgehead atoms. The Labute approximate surface area is 173 Å². The number of hydrogen-bond acceptors (Lipinski definition) is 3. The van der Waals surface area contributed by atoms with Crippen LogP contribution in [0.3, 0.4) is 0 Å². The lowest BCUT2D eigenvalue weighted by atomic mass is 9.75. The fourth-order valence-electron chi connectivity index (χ4n) is 5.47. The minimum absolute atomic E-state index is 0.00856. The van der Waals surface area contributed by atoms with Gasteiger partial charge in [-0.25, -0.2) is 9.78 Å². The van der Waals surface area contributed by atoms with Crippen LogP contribution in [-0.2, 0) is 4.79 Å². The van der Waals surface area contributed by atoms with Gasteiger partial charge in [-0.3, -0.25) is 4.79 Å². The van der Waals surface area contributed by atoms with Crippen LogP contribution < -0.4 is 0 Å². The first-order valence-electron chi connectivity index (χ1n) is 11.3. The Morgan fingerprint density at radius 3 is 2.62 bits per heavy atom. The second-order valence-electron chi connectivity index (χ2n) is 9.85. The van der Waals surface area contributed by atoms with Crippen molar-refractivity contribution in [3.05, 3.63) is 18.2 Å². The van der Waals surface area contributed by atoms with Gasteiger partial charge in [0.1, 0.15) is 0 Å². The standard InChI is InChI=1S/C22H33N5O2/c1-16(2)27-13-19(23-15-27)18-12-26(21(29)24-8-3-4-9-24)14-22(18)7-10-25(20(22)28)11-17-5-6-17/h13,15-18H,3-12,14H2,1-2H3/t18-,22+/m0/s1. The van der Waals surface area contributed by atoms with Crippen molar-refractivity contribution < 1.29 is 9.59 Å². The van der Waals surface area contributed by atoms with Gasteiger partial charge in [0.15, 0.2) is 0 Å². The third-order valence-corrected chi connectivity index (χ3v) is 7.48. The predicted octanol–water partition coefficient (Wildman–Crippen LogP) is 2.71. The number of rotatable bonds is 4. The number of urea groups is 1. The summed E-state index contributed by atoms with van der Waals surface area (Å²) < 4.78 is 2.11. The average molecular weight is 400 g/mol. The van der Waals surface area contributed by atoms with Gasteiger partial charge in [-0.05, 0) is 51.9 Å². The fourth-order valence-corrected chi connectivity index (χ4v) is 5.47. The van der Waals surface area contributed by atoms with E-state index in [1.54, 1.807) is 0 Å². The molecule has 1 aromatic rings. The first-order valence-corrected chi connectivity index (χ1v) is 11.3. The van der Waals surface area contributed by atoms with Gasteiger partial charge in [0.05, 0.1) is 17.4 Å². The molecule has 1 spiro atoms. The summed E-state index contributed by atoms with van der Waals surface area (Å²) in [5.74, 6) is 0.937. The van der Waals surface area contributed by atoms with E-state index in [0.717, 1.165) is 51.1 Å². The largest absolute Gasteiger partial charge is 0.342 e. The Morgan fingerprint density at radius 1 is 1.21 bits per heavy atom. The minimum atomic E-state index is -0.500. The molecule has 4 heterocycles. The van der Waals surface area contributed by atoms with Gasteiger partial charge in [0.25, 0.3) is 0 Å². The average Bonchev–Trinajstić information content (AvgIpc) is 3.16. The number of aromatic nitrogens is 2. The molecule has 1 aromatic heterocycles. The van der Waals surface area contributed by atoms with E-state index in [1.807, 2.05) is 16.1 Å². The quantitative estimate of drug-likeness (QED) is 0.782. The predicted molar refractivity (Wildman–Crippen MR) is 109 cm³/mol. The molecule has 2 atom stereocenters. The summed E-state index contributed by atoms with van der Waals surface area (Å²) in [5.41, 5.74) is 0.470. The van der Waals surface area contributed by atoms with Gasteiger partial charge in [-0.1, -0.05) is 0 Å². The number of carbonyl (C=O) groups excluding carboxylic acids is 2. The van der Waals surface area contributed by atoms with Crippen LogP contribution in [0.2, 0.25) is 0 Å². The summed E-state index contributed by atoms with van der Waals surface area (Å²) in [6.07, 6.45) is 9.47. The van der Waals surface area contributed by atoms with E-state index in [1.165, 1.54) is 12.8 Å². The lowest BCUT2D eigenvalue weighted by Crippen LogP contribution is -2.43. The smallest absolute Gasteiger partial charge is 0.320 e. The molecular weight excluding hydrogens is 366 g/mol. The van der Waals surface area contributed by atoms with Crippen LogP contribution in [-0.4, -0.2) is 75.5 Å². The molecule has 0 aromatic carbocycles. The molecule has 0 N–H and O–H groups in total. The van der Waals surface area contributed by atoms with E-state index < -0.39 is 5.41 Å². The summed E-state index contributed by atoms with van der Waals surface area (Å²) in [5, 5.41) is 0. The van der Waals surface area contributed by atoms with E-state index in [2.05, 4.69) is 29.5 Å². The van der Waals surface area contributed by atoms with Crippen LogP contribution in [0.1, 0.15) is 63.6 Å². The number of likely N-dealkylation sites (tertiary alicyclic amines) is 3. The van der Waals surface area contributed by atoms with Crippen LogP contribution in [0.15, 0.2) is 12.5 Å². The topological polar surface area (TPSA) is 61.7 Å². The zero-order chi connectivity index (χ0) is 20.2. The third-order valence-electron chi connectivity index (χ3n) is 7.48. The van der Waals surface area contributed by atoms with Crippen molar-refractivity contribution in [1.82, 2.24) is 24.3 Å². The summed E-state index contributed by atoms with van der Waals surface area (Å²) in [4.78, 5) is 37.5. The van der Waals surface area contributed by atoms with E-state index in [-0.39, 0.29) is 17.9 Å². The maximum atomic E-state index is 13.6. The first-order chi connectivity index (χ1) is 14.0. The normalized spacial score (nSPS) is 29.8. The molecule has 29 heavy (non-hydrogen) atoms. The molecule has 4 fully saturated rings. The maximum Gasteiger partial charge on any atom is 0.320 e. The molecule has 0 radical (unpaired) electrons. The summed E-state index contributed by atoms with van der Waals surface area (Å²) in [6.45, 7) is 8.83. The molecule has 3 saturated heterocycles. The number of imidazole rings is 1. The van der Waals surface area contributed by atoms with Gasteiger partial charge in [-0.15, -0.1) is 0 Å². The van der Waals surface area contributed by atoms with Crippen molar-refractivity contribution >= 4 is 11.9 Å². The molecule has 4 aliphatic rings. The van der Waals surface area contributed by atoms with Crippen molar-refractivity contribution in [3.8, 4) is 0 Å². The Bertz CT molecular complexity index is 795. The summed E-state index contributed by atoms with van der Waals surface area (Å²) >= 11 is 0. The number of amides is 3. The third kappa shape index (κ3) is 3.22. The highest BCUT2D eigenvalue weighted by molar-refractivity contribution is 5.88. The monoisotopic (exact) mass is 399 g/mol. The second-order valence-corrected chi connectivity index (χ2v) is 9.85. The van der Waals surface area contributed by atoms with Gasteiger partial charge >= 0.3 is 6.03 Å². The number of carbonyl (C=O) groups is 2. The van der Waals surface area contributed by atoms with E-state index in [4.69, 9.17) is 4.98 Å². The van der Waals surface area contributed by atoms with Crippen LogP contribution in [0, 0.1) is 11.3 Å². The molecule has 7 heteroatoms. The Balaban J connectivity index is 1.44. The Hall–Kier alpha value is -2.05. The minimum Gasteiger partial charge on any atom is -0.342 e. The first kappa shape index (κ1) is 18.9. The van der Waals surface area contributed by atoms with Crippen LogP contribution in [0.4, 0.5) is 4.79 Å². The molecule has 1 aliphatic carbocycles. The van der Waals surface area contributed by atoms with Gasteiger partial charge < -0.3 is 19.3 Å². The van der Waals surface area contributed by atoms with E-state index in [9.17, 15) is 9.59 Å². The van der Waals surface area contributed by atoms with Crippen molar-refractivity contribution in [1.29, 1.82) is 0 Å². The zero-order valence-electron chi connectivity index (χ0n) is 17.7. The molecule has 3 aliphatic heterocycles. The fraction of sp³-hybridized carbons (Fsp3) is 0.773. The highest BCUT2D eigenvalue weighted by atomic mass is 16.2. The Kier molecular flexibility index (Phi) is 4.59. The van der Waals surface area contributed by atoms with Crippen molar-refractivity contribution in [2.75, 3.05) is 39.3 Å². The zero-order valence-corrected chi connectivity index (χ0v) is 17.7. The second kappa shape index (κ2) is 7.03. The van der Waals surface area contributed by atoms with Crippen LogP contribution >= 0.6 is 0 Å². The SMILES string of the molecule is CC(C)n1cnc([C@@H]2CN(C(=O)N3CCCC3)C[C@]23CCN(CC2CC2)C3=O)c1. The van der Waals surface area contributed by atoms with E-state index >= 15 is 0 Å². The van der Waals surface area contributed by atoms with Gasteiger partial charge in [-0.2, -0.15) is 0 Å². The number of nitrogens with zero attached hydrogens (tertiary/aromatic N) is 5. The molecular formula is C22H33N5O2. The van der Waals surface area contributed by atoms with Gasteiger partial charge in [0.2, 0.25) is 5.91 Å². The molecule has 1 saturated carbocycles. The van der Waals surface area contributed by atoms with Crippen LogP contribution in [0.5, 0.6) is 0 Å². The molecule has 7 nitrogen and oxygen atoms in total. The molecule has 3 amide bonds. The number of hydrogen-bond donors (Lipinski definition) is 0. The van der Waals surface area contributed by atoms with Gasteiger partial charge in [0, 0.05) is 57.4 Å². The summed E-state index contributed by atoms with van der Waals surface area (Å²) in [7, 11) is 0. The molecule has 158 valence electrons. The van der Waals surface area contributed by atoms with Crippen LogP contribution in [0.25, 0.3) is 0 Å². The van der Waals surface area contributed by atoms with Crippen molar-refractivity contribution in [2.24, 2.45) is 11.3 Å². The highest BCUT2D eigenvalue weighted by Crippen LogP contribution is 2.50. The maximum absolute atomic E-state index is 13.6. The Morgan fingerprint density at radius 2 is 1.97 bits per heavy atom. The summed E-state index contributed by atoms with van der Waals surface area (Å²) in [6, 6.07) is 0.447. The molecule has 0 unspecified atom stereocenters. The van der Waals surface area contributed by atoms with Crippen molar-refractivity contribution in [3.63, 3.8) is 0 Å².